The number of carboxylic acids is 1. The molecule has 2 amide bonds. The molecule has 2 fully saturated rings. The molecule has 6 heteroatoms. The molecule has 0 aromatic heterocycles. The lowest BCUT2D eigenvalue weighted by atomic mass is 9.79. The summed E-state index contributed by atoms with van der Waals surface area (Å²) in [5.41, 5.74) is 0. The molecule has 4 atom stereocenters. The first-order valence-corrected chi connectivity index (χ1v) is 7.10. The third-order valence-corrected chi connectivity index (χ3v) is 4.64. The molecule has 2 saturated heterocycles. The SMILES string of the molecule is CC1CC(=O)N(C2CCC(=O)N(C)C2)C(C)C1C(=O)O. The maximum absolute atomic E-state index is 12.3. The topological polar surface area (TPSA) is 77.9 Å². The number of carbonyl (C=O) groups is 3. The smallest absolute Gasteiger partial charge is 0.308 e. The van der Waals surface area contributed by atoms with Crippen LogP contribution in [0.1, 0.15) is 33.1 Å². The Bertz CT molecular complexity index is 437. The lowest BCUT2D eigenvalue weighted by Crippen LogP contribution is -2.60. The Balaban J connectivity index is 2.19. The zero-order valence-corrected chi connectivity index (χ0v) is 12.2. The molecule has 6 nitrogen and oxygen atoms in total. The van der Waals surface area contributed by atoms with Crippen LogP contribution in [0.2, 0.25) is 0 Å². The normalized spacial score (nSPS) is 35.4. The fourth-order valence-corrected chi connectivity index (χ4v) is 3.59. The van der Waals surface area contributed by atoms with E-state index in [0.29, 0.717) is 19.4 Å². The predicted octanol–water partition coefficient (Wildman–Crippen LogP) is 0.565. The van der Waals surface area contributed by atoms with E-state index in [0.717, 1.165) is 0 Å². The second-order valence-electron chi connectivity index (χ2n) is 6.05. The molecule has 0 spiro atoms. The van der Waals surface area contributed by atoms with Crippen LogP contribution in [0.5, 0.6) is 0 Å². The van der Waals surface area contributed by atoms with Gasteiger partial charge in [0.2, 0.25) is 11.8 Å². The molecule has 2 rings (SSSR count). The van der Waals surface area contributed by atoms with Crippen molar-refractivity contribution in [2.45, 2.75) is 45.2 Å². The summed E-state index contributed by atoms with van der Waals surface area (Å²) in [5.74, 6) is -1.43. The van der Waals surface area contributed by atoms with Crippen LogP contribution in [0.25, 0.3) is 0 Å². The number of aliphatic carboxylic acids is 1. The fourth-order valence-electron chi connectivity index (χ4n) is 3.59. The Morgan fingerprint density at radius 3 is 2.45 bits per heavy atom. The van der Waals surface area contributed by atoms with Gasteiger partial charge in [-0.1, -0.05) is 6.92 Å². The molecule has 2 aliphatic rings. The summed E-state index contributed by atoms with van der Waals surface area (Å²) in [6, 6.07) is -0.384. The van der Waals surface area contributed by atoms with E-state index < -0.39 is 11.9 Å². The van der Waals surface area contributed by atoms with Gasteiger partial charge in [0.15, 0.2) is 0 Å². The fraction of sp³-hybridized carbons (Fsp3) is 0.786. The third-order valence-electron chi connectivity index (χ3n) is 4.64. The maximum atomic E-state index is 12.3. The molecule has 112 valence electrons. The maximum Gasteiger partial charge on any atom is 0.308 e. The van der Waals surface area contributed by atoms with E-state index in [1.54, 1.807) is 16.8 Å². The standard InChI is InChI=1S/C14H22N2O4/c1-8-6-12(18)16(9(2)13(8)14(19)20)10-4-5-11(17)15(3)7-10/h8-10,13H,4-7H2,1-3H3,(H,19,20). The second-order valence-corrected chi connectivity index (χ2v) is 6.05. The van der Waals surface area contributed by atoms with Gasteiger partial charge in [0.05, 0.1) is 12.0 Å². The van der Waals surface area contributed by atoms with Gasteiger partial charge in [-0.2, -0.15) is 0 Å². The number of nitrogens with zero attached hydrogens (tertiary/aromatic N) is 2. The molecule has 0 bridgehead atoms. The highest BCUT2D eigenvalue weighted by atomic mass is 16.4. The van der Waals surface area contributed by atoms with Crippen molar-refractivity contribution < 1.29 is 19.5 Å². The Kier molecular flexibility index (Phi) is 4.01. The van der Waals surface area contributed by atoms with Crippen molar-refractivity contribution in [3.63, 3.8) is 0 Å². The van der Waals surface area contributed by atoms with Crippen molar-refractivity contribution in [2.24, 2.45) is 11.8 Å². The quantitative estimate of drug-likeness (QED) is 0.803. The van der Waals surface area contributed by atoms with Crippen molar-refractivity contribution in [1.29, 1.82) is 0 Å². The van der Waals surface area contributed by atoms with Gasteiger partial charge in [-0.15, -0.1) is 0 Å². The van der Waals surface area contributed by atoms with Gasteiger partial charge in [0.25, 0.3) is 0 Å². The lowest BCUT2D eigenvalue weighted by molar-refractivity contribution is -0.159. The molecule has 20 heavy (non-hydrogen) atoms. The second kappa shape index (κ2) is 5.42. The highest BCUT2D eigenvalue weighted by molar-refractivity contribution is 5.83. The van der Waals surface area contributed by atoms with Crippen LogP contribution in [0, 0.1) is 11.8 Å². The molecule has 1 N–H and O–H groups in total. The van der Waals surface area contributed by atoms with Crippen LogP contribution in [-0.2, 0) is 14.4 Å². The number of piperidine rings is 2. The van der Waals surface area contributed by atoms with E-state index in [4.69, 9.17) is 0 Å². The van der Waals surface area contributed by atoms with Crippen LogP contribution >= 0.6 is 0 Å². The Morgan fingerprint density at radius 2 is 1.90 bits per heavy atom. The average Bonchev–Trinajstić information content (AvgIpc) is 2.32. The molecule has 0 aromatic rings. The van der Waals surface area contributed by atoms with Gasteiger partial charge in [-0.3, -0.25) is 14.4 Å². The first-order valence-electron chi connectivity index (χ1n) is 7.10. The van der Waals surface area contributed by atoms with Crippen molar-refractivity contribution in [1.82, 2.24) is 9.80 Å². The molecule has 4 unspecified atom stereocenters. The highest BCUT2D eigenvalue weighted by Gasteiger charge is 2.45. The average molecular weight is 282 g/mol. The van der Waals surface area contributed by atoms with E-state index >= 15 is 0 Å². The molecular formula is C14H22N2O4. The first-order chi connectivity index (χ1) is 9.32. The molecule has 0 aliphatic carbocycles. The minimum absolute atomic E-state index is 0.00949. The summed E-state index contributed by atoms with van der Waals surface area (Å²) >= 11 is 0. The zero-order chi connectivity index (χ0) is 15.0. The number of carboxylic acid groups (broad SMARTS) is 1. The lowest BCUT2D eigenvalue weighted by Gasteiger charge is -2.47. The van der Waals surface area contributed by atoms with E-state index in [1.165, 1.54) is 0 Å². The van der Waals surface area contributed by atoms with Gasteiger partial charge in [0.1, 0.15) is 0 Å². The van der Waals surface area contributed by atoms with Crippen molar-refractivity contribution in [3.8, 4) is 0 Å². The van der Waals surface area contributed by atoms with Crippen LogP contribution in [-0.4, -0.2) is 58.4 Å². The molecule has 0 saturated carbocycles. The summed E-state index contributed by atoms with van der Waals surface area (Å²) in [7, 11) is 1.73. The number of likely N-dealkylation sites (N-methyl/N-ethyl adjacent to an activating group) is 1. The number of hydrogen-bond donors (Lipinski definition) is 1. The number of rotatable bonds is 2. The predicted molar refractivity (Wildman–Crippen MR) is 71.9 cm³/mol. The summed E-state index contributed by atoms with van der Waals surface area (Å²) in [6.45, 7) is 4.12. The molecular weight excluding hydrogens is 260 g/mol. The zero-order valence-electron chi connectivity index (χ0n) is 12.2. The van der Waals surface area contributed by atoms with Gasteiger partial charge in [-0.05, 0) is 19.3 Å². The van der Waals surface area contributed by atoms with Crippen LogP contribution < -0.4 is 0 Å². The van der Waals surface area contributed by atoms with E-state index in [1.807, 2.05) is 13.8 Å². The largest absolute Gasteiger partial charge is 0.481 e. The Hall–Kier alpha value is -1.59. The molecule has 2 aliphatic heterocycles. The highest BCUT2D eigenvalue weighted by Crippen LogP contribution is 2.33. The van der Waals surface area contributed by atoms with E-state index in [-0.39, 0.29) is 36.2 Å². The Labute approximate surface area is 118 Å². The Morgan fingerprint density at radius 1 is 1.25 bits per heavy atom. The number of likely N-dealkylation sites (tertiary alicyclic amines) is 2. The van der Waals surface area contributed by atoms with E-state index in [9.17, 15) is 19.5 Å². The van der Waals surface area contributed by atoms with Crippen LogP contribution in [0.3, 0.4) is 0 Å². The number of carbonyl (C=O) groups excluding carboxylic acids is 2. The van der Waals surface area contributed by atoms with E-state index in [2.05, 4.69) is 0 Å². The number of hydrogen-bond acceptors (Lipinski definition) is 3. The summed E-state index contributed by atoms with van der Waals surface area (Å²) < 4.78 is 0. The molecule has 0 radical (unpaired) electrons. The van der Waals surface area contributed by atoms with Crippen molar-refractivity contribution >= 4 is 17.8 Å². The van der Waals surface area contributed by atoms with Crippen LogP contribution in [0.15, 0.2) is 0 Å². The van der Waals surface area contributed by atoms with Gasteiger partial charge in [-0.25, -0.2) is 0 Å². The molecule has 2 heterocycles. The first kappa shape index (κ1) is 14.8. The van der Waals surface area contributed by atoms with Gasteiger partial charge in [0, 0.05) is 32.5 Å². The monoisotopic (exact) mass is 282 g/mol. The van der Waals surface area contributed by atoms with Gasteiger partial charge >= 0.3 is 5.97 Å². The minimum Gasteiger partial charge on any atom is -0.481 e. The van der Waals surface area contributed by atoms with Crippen molar-refractivity contribution in [2.75, 3.05) is 13.6 Å². The third kappa shape index (κ3) is 2.51. The van der Waals surface area contributed by atoms with Crippen LogP contribution in [0.4, 0.5) is 0 Å². The van der Waals surface area contributed by atoms with Crippen molar-refractivity contribution in [3.05, 3.63) is 0 Å². The molecule has 0 aromatic carbocycles. The minimum atomic E-state index is -0.845. The summed E-state index contributed by atoms with van der Waals surface area (Å²) in [5, 5.41) is 9.37. The van der Waals surface area contributed by atoms with Gasteiger partial charge < -0.3 is 14.9 Å². The summed E-state index contributed by atoms with van der Waals surface area (Å²) in [4.78, 5) is 38.6. The summed E-state index contributed by atoms with van der Waals surface area (Å²) in [6.07, 6.45) is 1.32. The number of amides is 2.